The zero-order valence-electron chi connectivity index (χ0n) is 16.4. The van der Waals surface area contributed by atoms with Crippen molar-refractivity contribution < 1.29 is 4.74 Å². The number of guanidine groups is 1. The zero-order valence-corrected chi connectivity index (χ0v) is 18.7. The lowest BCUT2D eigenvalue weighted by Crippen LogP contribution is -2.36. The highest BCUT2D eigenvalue weighted by Crippen LogP contribution is 2.20. The minimum absolute atomic E-state index is 0. The van der Waals surface area contributed by atoms with Crippen LogP contribution in [-0.4, -0.2) is 44.1 Å². The van der Waals surface area contributed by atoms with E-state index in [4.69, 9.17) is 10.5 Å². The molecule has 0 unspecified atom stereocenters. The van der Waals surface area contributed by atoms with Gasteiger partial charge in [0, 0.05) is 19.6 Å². The van der Waals surface area contributed by atoms with E-state index >= 15 is 0 Å². The standard InChI is InChI=1S/C20H34N4O.HI/c1-16(2)8-11-22-20(21)23-14-17-9-12-24(13-10-17)15-18-4-6-19(25-3)7-5-18;/h4-7,16-17H,8-15H2,1-3H3,(H3,21,22,23);1H. The lowest BCUT2D eigenvalue weighted by molar-refractivity contribution is 0.180. The maximum atomic E-state index is 5.95. The summed E-state index contributed by atoms with van der Waals surface area (Å²) in [7, 11) is 1.70. The van der Waals surface area contributed by atoms with Crippen LogP contribution in [0.5, 0.6) is 5.75 Å². The largest absolute Gasteiger partial charge is 0.497 e. The van der Waals surface area contributed by atoms with Crippen molar-refractivity contribution in [1.82, 2.24) is 10.2 Å². The lowest BCUT2D eigenvalue weighted by Gasteiger charge is -2.31. The van der Waals surface area contributed by atoms with Gasteiger partial charge in [0.2, 0.25) is 0 Å². The second-order valence-electron chi connectivity index (χ2n) is 7.40. The van der Waals surface area contributed by atoms with Crippen LogP contribution in [0.4, 0.5) is 0 Å². The van der Waals surface area contributed by atoms with Gasteiger partial charge in [0.15, 0.2) is 5.96 Å². The van der Waals surface area contributed by atoms with Gasteiger partial charge < -0.3 is 15.8 Å². The van der Waals surface area contributed by atoms with E-state index in [9.17, 15) is 0 Å². The van der Waals surface area contributed by atoms with Crippen LogP contribution in [0, 0.1) is 11.8 Å². The summed E-state index contributed by atoms with van der Waals surface area (Å²) in [6.45, 7) is 9.46. The Labute approximate surface area is 175 Å². The van der Waals surface area contributed by atoms with Crippen molar-refractivity contribution in [3.63, 3.8) is 0 Å². The van der Waals surface area contributed by atoms with E-state index in [1.165, 1.54) is 18.4 Å². The summed E-state index contributed by atoms with van der Waals surface area (Å²) in [5.41, 5.74) is 7.29. The molecule has 1 aliphatic rings. The fourth-order valence-electron chi connectivity index (χ4n) is 3.09. The highest BCUT2D eigenvalue weighted by Gasteiger charge is 2.19. The lowest BCUT2D eigenvalue weighted by atomic mass is 9.96. The third kappa shape index (κ3) is 8.58. The molecule has 0 atom stereocenters. The predicted octanol–water partition coefficient (Wildman–Crippen LogP) is 3.48. The molecule has 1 saturated heterocycles. The number of hydrogen-bond acceptors (Lipinski definition) is 3. The molecule has 0 saturated carbocycles. The van der Waals surface area contributed by atoms with E-state index in [1.807, 2.05) is 12.1 Å². The molecule has 0 aromatic heterocycles. The van der Waals surface area contributed by atoms with Gasteiger partial charge in [0.1, 0.15) is 5.75 Å². The summed E-state index contributed by atoms with van der Waals surface area (Å²) in [5.74, 6) is 2.86. The van der Waals surface area contributed by atoms with E-state index in [-0.39, 0.29) is 24.0 Å². The molecular formula is C20H35IN4O. The number of hydrogen-bond donors (Lipinski definition) is 2. The quantitative estimate of drug-likeness (QED) is 0.344. The van der Waals surface area contributed by atoms with Gasteiger partial charge in [-0.1, -0.05) is 26.0 Å². The monoisotopic (exact) mass is 474 g/mol. The second-order valence-corrected chi connectivity index (χ2v) is 7.40. The predicted molar refractivity (Wildman–Crippen MR) is 120 cm³/mol. The molecule has 0 radical (unpaired) electrons. The van der Waals surface area contributed by atoms with E-state index in [0.29, 0.717) is 17.8 Å². The molecule has 2 rings (SSSR count). The molecule has 0 spiro atoms. The van der Waals surface area contributed by atoms with Crippen molar-refractivity contribution in [2.75, 3.05) is 33.3 Å². The number of aliphatic imine (C=N–C) groups is 1. The maximum absolute atomic E-state index is 5.95. The van der Waals surface area contributed by atoms with Crippen LogP contribution in [0.1, 0.15) is 38.7 Å². The first kappa shape index (κ1) is 23.0. The number of piperidine rings is 1. The molecule has 1 aliphatic heterocycles. The molecule has 6 heteroatoms. The van der Waals surface area contributed by atoms with Crippen LogP contribution < -0.4 is 15.8 Å². The first-order valence-electron chi connectivity index (χ1n) is 9.46. The fraction of sp³-hybridized carbons (Fsp3) is 0.650. The van der Waals surface area contributed by atoms with Crippen LogP contribution in [-0.2, 0) is 6.54 Å². The Balaban J connectivity index is 0.00000338. The summed E-state index contributed by atoms with van der Waals surface area (Å²) in [6, 6.07) is 8.37. The van der Waals surface area contributed by atoms with Crippen molar-refractivity contribution in [3.05, 3.63) is 29.8 Å². The van der Waals surface area contributed by atoms with E-state index < -0.39 is 0 Å². The third-order valence-electron chi connectivity index (χ3n) is 4.82. The van der Waals surface area contributed by atoms with Gasteiger partial charge in [-0.05, 0) is 61.9 Å². The van der Waals surface area contributed by atoms with Crippen LogP contribution in [0.15, 0.2) is 29.3 Å². The first-order chi connectivity index (χ1) is 12.1. The fourth-order valence-corrected chi connectivity index (χ4v) is 3.09. The average molecular weight is 474 g/mol. The molecular weight excluding hydrogens is 439 g/mol. The normalized spacial score (nSPS) is 16.4. The molecule has 26 heavy (non-hydrogen) atoms. The number of likely N-dealkylation sites (tertiary alicyclic amines) is 1. The number of nitrogens with two attached hydrogens (primary N) is 1. The number of nitrogens with one attached hydrogen (secondary N) is 1. The summed E-state index contributed by atoms with van der Waals surface area (Å²) in [5, 5.41) is 3.21. The zero-order chi connectivity index (χ0) is 18.1. The molecule has 1 fully saturated rings. The summed E-state index contributed by atoms with van der Waals surface area (Å²) in [6.07, 6.45) is 3.51. The van der Waals surface area contributed by atoms with Crippen LogP contribution in [0.2, 0.25) is 0 Å². The molecule has 3 N–H and O–H groups in total. The highest BCUT2D eigenvalue weighted by molar-refractivity contribution is 14.0. The SMILES string of the molecule is COc1ccc(CN2CCC(CN=C(N)NCCC(C)C)CC2)cc1.I. The maximum Gasteiger partial charge on any atom is 0.188 e. The van der Waals surface area contributed by atoms with Gasteiger partial charge in [0.05, 0.1) is 7.11 Å². The van der Waals surface area contributed by atoms with Crippen molar-refractivity contribution >= 4 is 29.9 Å². The van der Waals surface area contributed by atoms with E-state index in [1.54, 1.807) is 7.11 Å². The van der Waals surface area contributed by atoms with Gasteiger partial charge in [-0.25, -0.2) is 0 Å². The minimum Gasteiger partial charge on any atom is -0.497 e. The molecule has 148 valence electrons. The Bertz CT molecular complexity index is 525. The van der Waals surface area contributed by atoms with Crippen molar-refractivity contribution in [3.8, 4) is 5.75 Å². The van der Waals surface area contributed by atoms with Crippen LogP contribution in [0.25, 0.3) is 0 Å². The van der Waals surface area contributed by atoms with E-state index in [0.717, 1.165) is 44.9 Å². The average Bonchev–Trinajstić information content (AvgIpc) is 2.61. The van der Waals surface area contributed by atoms with E-state index in [2.05, 4.69) is 41.2 Å². The van der Waals surface area contributed by atoms with Crippen LogP contribution in [0.3, 0.4) is 0 Å². The molecule has 1 aromatic rings. The number of methoxy groups -OCH3 is 1. The van der Waals surface area contributed by atoms with Crippen molar-refractivity contribution in [2.24, 2.45) is 22.6 Å². The summed E-state index contributed by atoms with van der Waals surface area (Å²) in [4.78, 5) is 7.04. The molecule has 0 amide bonds. The Kier molecular flexibility index (Phi) is 11.0. The Morgan fingerprint density at radius 3 is 2.50 bits per heavy atom. The van der Waals surface area contributed by atoms with Crippen molar-refractivity contribution in [2.45, 2.75) is 39.7 Å². The summed E-state index contributed by atoms with van der Waals surface area (Å²) < 4.78 is 5.21. The van der Waals surface area contributed by atoms with Crippen molar-refractivity contribution in [1.29, 1.82) is 0 Å². The molecule has 0 aliphatic carbocycles. The topological polar surface area (TPSA) is 62.9 Å². The number of rotatable bonds is 8. The molecule has 5 nitrogen and oxygen atoms in total. The number of benzene rings is 1. The van der Waals surface area contributed by atoms with Gasteiger partial charge >= 0.3 is 0 Å². The van der Waals surface area contributed by atoms with Gasteiger partial charge in [-0.3, -0.25) is 9.89 Å². The number of halogens is 1. The van der Waals surface area contributed by atoms with Gasteiger partial charge in [0.25, 0.3) is 0 Å². The third-order valence-corrected chi connectivity index (χ3v) is 4.82. The number of nitrogens with zero attached hydrogens (tertiary/aromatic N) is 2. The van der Waals surface area contributed by atoms with Gasteiger partial charge in [-0.15, -0.1) is 24.0 Å². The minimum atomic E-state index is 0. The Hall–Kier alpha value is -1.02. The second kappa shape index (κ2) is 12.4. The Morgan fingerprint density at radius 2 is 1.92 bits per heavy atom. The summed E-state index contributed by atoms with van der Waals surface area (Å²) >= 11 is 0. The van der Waals surface area contributed by atoms with Gasteiger partial charge in [-0.2, -0.15) is 0 Å². The van der Waals surface area contributed by atoms with Crippen LogP contribution >= 0.6 is 24.0 Å². The first-order valence-corrected chi connectivity index (χ1v) is 9.46. The molecule has 0 bridgehead atoms. The smallest absolute Gasteiger partial charge is 0.188 e. The molecule has 1 aromatic carbocycles. The highest BCUT2D eigenvalue weighted by atomic mass is 127. The number of ether oxygens (including phenoxy) is 1. The molecule has 1 heterocycles. The Morgan fingerprint density at radius 1 is 1.27 bits per heavy atom.